The van der Waals surface area contributed by atoms with Crippen LogP contribution in [-0.4, -0.2) is 21.7 Å². The van der Waals surface area contributed by atoms with Gasteiger partial charge in [0.15, 0.2) is 0 Å². The van der Waals surface area contributed by atoms with Gasteiger partial charge in [-0.25, -0.2) is 0 Å². The first-order valence-corrected chi connectivity index (χ1v) is 3.05. The quantitative estimate of drug-likeness (QED) is 0.585. The molecule has 8 heavy (non-hydrogen) atoms. The standard InChI is InChI=1S/C3H5N3S.FH.H2/c1-7-3-2-4-6-5-3;;/h2H,1H3,(H,4,5,6);2*1H. The minimum absolute atomic E-state index is 0. The molecule has 0 saturated heterocycles. The molecule has 1 aromatic heterocycles. The highest BCUT2D eigenvalue weighted by Crippen LogP contribution is 2.05. The van der Waals surface area contributed by atoms with Gasteiger partial charge < -0.3 is 0 Å². The van der Waals surface area contributed by atoms with Crippen molar-refractivity contribution in [2.45, 2.75) is 5.03 Å². The van der Waals surface area contributed by atoms with Gasteiger partial charge in [-0.2, -0.15) is 10.3 Å². The number of nitrogens with zero attached hydrogens (tertiary/aromatic N) is 2. The molecule has 3 nitrogen and oxygen atoms in total. The Morgan fingerprint density at radius 3 is 2.88 bits per heavy atom. The summed E-state index contributed by atoms with van der Waals surface area (Å²) in [6.07, 6.45) is 3.64. The maximum Gasteiger partial charge on any atom is 0.138 e. The van der Waals surface area contributed by atoms with Crippen LogP contribution in [0.25, 0.3) is 0 Å². The van der Waals surface area contributed by atoms with Crippen molar-refractivity contribution in [2.24, 2.45) is 0 Å². The smallest absolute Gasteiger partial charge is 0.138 e. The molecule has 0 aromatic carbocycles. The maximum atomic E-state index is 3.76. The van der Waals surface area contributed by atoms with Crippen molar-refractivity contribution in [3.05, 3.63) is 6.20 Å². The summed E-state index contributed by atoms with van der Waals surface area (Å²) in [6.45, 7) is 0. The molecule has 0 aliphatic carbocycles. The number of H-pyrrole nitrogens is 1. The third kappa shape index (κ3) is 1.49. The van der Waals surface area contributed by atoms with Gasteiger partial charge in [0.25, 0.3) is 0 Å². The Balaban J connectivity index is 0. The van der Waals surface area contributed by atoms with E-state index in [0.717, 1.165) is 5.03 Å². The summed E-state index contributed by atoms with van der Waals surface area (Å²) in [5.74, 6) is 0. The van der Waals surface area contributed by atoms with E-state index in [0.29, 0.717) is 0 Å². The third-order valence-corrected chi connectivity index (χ3v) is 1.22. The second-order valence-electron chi connectivity index (χ2n) is 1.01. The fourth-order valence-corrected chi connectivity index (χ4v) is 0.580. The number of thioether (sulfide) groups is 1. The highest BCUT2D eigenvalue weighted by atomic mass is 32.2. The number of hydrogen-bond donors (Lipinski definition) is 1. The Morgan fingerprint density at radius 2 is 2.62 bits per heavy atom. The highest BCUT2D eigenvalue weighted by molar-refractivity contribution is 7.98. The Labute approximate surface area is 51.7 Å². The molecule has 1 aromatic rings. The van der Waals surface area contributed by atoms with E-state index in [-0.39, 0.29) is 6.13 Å². The van der Waals surface area contributed by atoms with Crippen LogP contribution in [0.1, 0.15) is 1.43 Å². The van der Waals surface area contributed by atoms with Gasteiger partial charge in [-0.3, -0.25) is 4.70 Å². The van der Waals surface area contributed by atoms with Gasteiger partial charge in [-0.15, -0.1) is 16.9 Å². The molecule has 0 radical (unpaired) electrons. The summed E-state index contributed by atoms with van der Waals surface area (Å²) in [5, 5.41) is 10.8. The van der Waals surface area contributed by atoms with Crippen molar-refractivity contribution in [1.29, 1.82) is 0 Å². The van der Waals surface area contributed by atoms with Gasteiger partial charge >= 0.3 is 0 Å². The molecular formula is C3H8FN3S. The van der Waals surface area contributed by atoms with Crippen LogP contribution < -0.4 is 0 Å². The van der Waals surface area contributed by atoms with E-state index in [1.807, 2.05) is 6.26 Å². The monoisotopic (exact) mass is 137 g/mol. The molecular weight excluding hydrogens is 129 g/mol. The fraction of sp³-hybridized carbons (Fsp3) is 0.333. The molecule has 48 valence electrons. The number of nitrogens with one attached hydrogen (secondary N) is 1. The topological polar surface area (TPSA) is 41.6 Å². The summed E-state index contributed by atoms with van der Waals surface area (Å²) in [7, 11) is 0. The number of aromatic amines is 1. The minimum Gasteiger partial charge on any atom is -0.269 e. The highest BCUT2D eigenvalue weighted by Gasteiger charge is 1.85. The lowest BCUT2D eigenvalue weighted by atomic mass is 11.0. The Bertz CT molecular complexity index is 134. The molecule has 0 aliphatic rings. The summed E-state index contributed by atoms with van der Waals surface area (Å²) in [6, 6.07) is 0. The molecule has 5 heteroatoms. The van der Waals surface area contributed by atoms with Gasteiger partial charge in [0.05, 0.1) is 6.20 Å². The van der Waals surface area contributed by atoms with E-state index >= 15 is 0 Å². The summed E-state index contributed by atoms with van der Waals surface area (Å²) >= 11 is 1.57. The van der Waals surface area contributed by atoms with E-state index in [1.54, 1.807) is 18.0 Å². The molecule has 0 amide bonds. The zero-order valence-corrected chi connectivity index (χ0v) is 5.10. The second kappa shape index (κ2) is 3.43. The summed E-state index contributed by atoms with van der Waals surface area (Å²) in [4.78, 5) is 0. The van der Waals surface area contributed by atoms with Crippen molar-refractivity contribution in [3.8, 4) is 0 Å². The second-order valence-corrected chi connectivity index (χ2v) is 1.84. The molecule has 1 rings (SSSR count). The first-order chi connectivity index (χ1) is 3.43. The lowest BCUT2D eigenvalue weighted by molar-refractivity contribution is 0.911. The molecule has 0 fully saturated rings. The third-order valence-electron chi connectivity index (χ3n) is 0.602. The molecule has 0 atom stereocenters. The molecule has 0 aliphatic heterocycles. The average Bonchev–Trinajstić information content (AvgIpc) is 2.14. The van der Waals surface area contributed by atoms with E-state index in [9.17, 15) is 0 Å². The van der Waals surface area contributed by atoms with Crippen molar-refractivity contribution in [3.63, 3.8) is 0 Å². The SMILES string of the molecule is CSc1cn[nH]n1.F.[HH]. The van der Waals surface area contributed by atoms with Crippen LogP contribution in [0.5, 0.6) is 0 Å². The number of hydrogen-bond acceptors (Lipinski definition) is 3. The van der Waals surface area contributed by atoms with Gasteiger partial charge in [0.1, 0.15) is 5.03 Å². The van der Waals surface area contributed by atoms with Crippen molar-refractivity contribution < 1.29 is 6.13 Å². The van der Waals surface area contributed by atoms with Crippen molar-refractivity contribution in [1.82, 2.24) is 15.4 Å². The van der Waals surface area contributed by atoms with Crippen LogP contribution in [0.2, 0.25) is 0 Å². The summed E-state index contributed by atoms with van der Waals surface area (Å²) < 4.78 is 0. The van der Waals surface area contributed by atoms with Crippen LogP contribution in [0.4, 0.5) is 4.70 Å². The van der Waals surface area contributed by atoms with Crippen LogP contribution in [0.15, 0.2) is 11.2 Å². The minimum atomic E-state index is 0. The first kappa shape index (κ1) is 7.42. The van der Waals surface area contributed by atoms with Crippen LogP contribution >= 0.6 is 11.8 Å². The molecule has 0 spiro atoms. The van der Waals surface area contributed by atoms with E-state index in [2.05, 4.69) is 15.4 Å². The zero-order valence-electron chi connectivity index (χ0n) is 4.29. The fourth-order valence-electron chi connectivity index (χ4n) is 0.289. The molecule has 0 bridgehead atoms. The Kier molecular flexibility index (Phi) is 3.18. The van der Waals surface area contributed by atoms with Crippen molar-refractivity contribution >= 4 is 11.8 Å². The molecule has 1 heterocycles. The van der Waals surface area contributed by atoms with Crippen molar-refractivity contribution in [2.75, 3.05) is 6.26 Å². The van der Waals surface area contributed by atoms with Crippen LogP contribution in [-0.2, 0) is 0 Å². The largest absolute Gasteiger partial charge is 0.269 e. The zero-order chi connectivity index (χ0) is 5.11. The van der Waals surface area contributed by atoms with E-state index in [1.165, 1.54) is 0 Å². The maximum absolute atomic E-state index is 3.76. The number of aromatic nitrogens is 3. The molecule has 0 unspecified atom stereocenters. The van der Waals surface area contributed by atoms with Gasteiger partial charge in [-0.05, 0) is 6.26 Å². The molecule has 0 saturated carbocycles. The van der Waals surface area contributed by atoms with Gasteiger partial charge in [0, 0.05) is 1.43 Å². The Hall–Kier alpha value is -0.580. The number of rotatable bonds is 1. The van der Waals surface area contributed by atoms with Crippen LogP contribution in [0.3, 0.4) is 0 Å². The Morgan fingerprint density at radius 1 is 1.88 bits per heavy atom. The van der Waals surface area contributed by atoms with Gasteiger partial charge in [-0.1, -0.05) is 0 Å². The van der Waals surface area contributed by atoms with E-state index < -0.39 is 0 Å². The molecule has 1 N–H and O–H groups in total. The lowest BCUT2D eigenvalue weighted by Crippen LogP contribution is -1.66. The normalized spacial score (nSPS) is 8.12. The average molecular weight is 137 g/mol. The lowest BCUT2D eigenvalue weighted by Gasteiger charge is -1.74. The van der Waals surface area contributed by atoms with E-state index in [4.69, 9.17) is 0 Å². The van der Waals surface area contributed by atoms with Crippen LogP contribution in [0, 0.1) is 0 Å². The predicted molar refractivity (Wildman–Crippen MR) is 32.8 cm³/mol. The first-order valence-electron chi connectivity index (χ1n) is 1.83. The van der Waals surface area contributed by atoms with Gasteiger partial charge in [0.2, 0.25) is 0 Å². The predicted octanol–water partition coefficient (Wildman–Crippen LogP) is 0.925. The summed E-state index contributed by atoms with van der Waals surface area (Å²) in [5.41, 5.74) is 0. The number of halogens is 1.